The topological polar surface area (TPSA) is 82.1 Å². The normalized spacial score (nSPS) is 11.1. The third kappa shape index (κ3) is 4.25. The SMILES string of the molecule is Cn1cnc2c1c(=O)n(CC(=O)N(CCc1ccccc1)Cc1ccccc1)c(=O)n2C. The van der Waals surface area contributed by atoms with Crippen LogP contribution in [0, 0.1) is 0 Å². The molecule has 0 saturated carbocycles. The van der Waals surface area contributed by atoms with E-state index < -0.39 is 11.2 Å². The van der Waals surface area contributed by atoms with Gasteiger partial charge in [-0.05, 0) is 17.5 Å². The number of aromatic nitrogens is 4. The summed E-state index contributed by atoms with van der Waals surface area (Å²) in [7, 11) is 3.24. The summed E-state index contributed by atoms with van der Waals surface area (Å²) in [6, 6.07) is 19.6. The van der Waals surface area contributed by atoms with Gasteiger partial charge < -0.3 is 9.47 Å². The predicted molar refractivity (Wildman–Crippen MR) is 122 cm³/mol. The third-order valence-electron chi connectivity index (χ3n) is 5.58. The minimum absolute atomic E-state index is 0.287. The molecule has 0 unspecified atom stereocenters. The predicted octanol–water partition coefficient (Wildman–Crippen LogP) is 1.71. The second-order valence-electron chi connectivity index (χ2n) is 7.80. The molecule has 2 aromatic heterocycles. The van der Waals surface area contributed by atoms with Gasteiger partial charge in [0.05, 0.1) is 6.33 Å². The Kier molecular flexibility index (Phi) is 6.02. The molecule has 2 aromatic carbocycles. The quantitative estimate of drug-likeness (QED) is 0.446. The molecule has 0 aliphatic heterocycles. The van der Waals surface area contributed by atoms with Gasteiger partial charge in [0.2, 0.25) is 5.91 Å². The first-order valence-electron chi connectivity index (χ1n) is 10.4. The average Bonchev–Trinajstić information content (AvgIpc) is 3.21. The van der Waals surface area contributed by atoms with Crippen LogP contribution in [-0.2, 0) is 38.4 Å². The van der Waals surface area contributed by atoms with Gasteiger partial charge >= 0.3 is 5.69 Å². The smallest absolute Gasteiger partial charge is 0.332 e. The maximum absolute atomic E-state index is 13.3. The zero-order valence-electron chi connectivity index (χ0n) is 18.1. The number of benzene rings is 2. The highest BCUT2D eigenvalue weighted by atomic mass is 16.2. The van der Waals surface area contributed by atoms with Crippen LogP contribution in [0.4, 0.5) is 0 Å². The first-order valence-corrected chi connectivity index (χ1v) is 10.4. The number of fused-ring (bicyclic) bond motifs is 1. The molecule has 0 aliphatic carbocycles. The number of imidazole rings is 1. The number of carbonyl (C=O) groups is 1. The van der Waals surface area contributed by atoms with Crippen molar-refractivity contribution in [3.8, 4) is 0 Å². The summed E-state index contributed by atoms with van der Waals surface area (Å²) in [6.07, 6.45) is 2.16. The number of carbonyl (C=O) groups excluding carboxylic acids is 1. The molecular formula is C24H25N5O3. The summed E-state index contributed by atoms with van der Waals surface area (Å²) < 4.78 is 3.86. The third-order valence-corrected chi connectivity index (χ3v) is 5.58. The Hall–Kier alpha value is -3.94. The van der Waals surface area contributed by atoms with E-state index >= 15 is 0 Å². The van der Waals surface area contributed by atoms with Crippen LogP contribution in [0.15, 0.2) is 76.6 Å². The van der Waals surface area contributed by atoms with Crippen LogP contribution >= 0.6 is 0 Å². The number of rotatable bonds is 7. The van der Waals surface area contributed by atoms with Crippen molar-refractivity contribution in [2.24, 2.45) is 14.1 Å². The molecular weight excluding hydrogens is 406 g/mol. The summed E-state index contributed by atoms with van der Waals surface area (Å²) in [4.78, 5) is 44.9. The number of hydrogen-bond acceptors (Lipinski definition) is 4. The van der Waals surface area contributed by atoms with Crippen molar-refractivity contribution in [3.05, 3.63) is 99.0 Å². The van der Waals surface area contributed by atoms with Crippen molar-refractivity contribution < 1.29 is 4.79 Å². The fraction of sp³-hybridized carbons (Fsp3) is 0.250. The number of hydrogen-bond donors (Lipinski definition) is 0. The summed E-state index contributed by atoms with van der Waals surface area (Å²) in [5.41, 5.74) is 1.62. The van der Waals surface area contributed by atoms with E-state index in [9.17, 15) is 14.4 Å². The summed E-state index contributed by atoms with van der Waals surface area (Å²) >= 11 is 0. The fourth-order valence-electron chi connectivity index (χ4n) is 3.78. The maximum Gasteiger partial charge on any atom is 0.332 e. The molecule has 0 radical (unpaired) electrons. The van der Waals surface area contributed by atoms with Crippen molar-refractivity contribution >= 4 is 17.1 Å². The van der Waals surface area contributed by atoms with Gasteiger partial charge in [-0.1, -0.05) is 60.7 Å². The second-order valence-corrected chi connectivity index (χ2v) is 7.80. The van der Waals surface area contributed by atoms with Gasteiger partial charge in [0.1, 0.15) is 6.54 Å². The molecule has 32 heavy (non-hydrogen) atoms. The van der Waals surface area contributed by atoms with Gasteiger partial charge in [0.15, 0.2) is 11.2 Å². The van der Waals surface area contributed by atoms with Crippen LogP contribution in [0.1, 0.15) is 11.1 Å². The lowest BCUT2D eigenvalue weighted by Gasteiger charge is -2.23. The molecule has 8 heteroatoms. The standard InChI is InChI=1S/C24H25N5O3/c1-26-17-25-22-21(26)23(31)29(24(32)27(22)2)16-20(30)28(15-19-11-7-4-8-12-19)14-13-18-9-5-3-6-10-18/h3-12,17H,13-16H2,1-2H3. The van der Waals surface area contributed by atoms with Crippen molar-refractivity contribution in [2.75, 3.05) is 6.54 Å². The van der Waals surface area contributed by atoms with Crippen LogP contribution in [0.5, 0.6) is 0 Å². The summed E-state index contributed by atoms with van der Waals surface area (Å²) in [5, 5.41) is 0. The van der Waals surface area contributed by atoms with E-state index in [0.717, 1.165) is 15.7 Å². The van der Waals surface area contributed by atoms with Crippen LogP contribution in [0.25, 0.3) is 11.2 Å². The molecule has 0 atom stereocenters. The Morgan fingerprint density at radius 3 is 2.22 bits per heavy atom. The van der Waals surface area contributed by atoms with Gasteiger partial charge in [0.25, 0.3) is 5.56 Å². The summed E-state index contributed by atoms with van der Waals surface area (Å²) in [6.45, 7) is 0.546. The molecule has 164 valence electrons. The molecule has 8 nitrogen and oxygen atoms in total. The van der Waals surface area contributed by atoms with Gasteiger partial charge in [0, 0.05) is 27.2 Å². The lowest BCUT2D eigenvalue weighted by Crippen LogP contribution is -2.45. The van der Waals surface area contributed by atoms with Crippen molar-refractivity contribution in [1.29, 1.82) is 0 Å². The minimum atomic E-state index is -0.558. The van der Waals surface area contributed by atoms with E-state index in [4.69, 9.17) is 0 Å². The van der Waals surface area contributed by atoms with Crippen LogP contribution in [0.3, 0.4) is 0 Å². The zero-order chi connectivity index (χ0) is 22.7. The fourth-order valence-corrected chi connectivity index (χ4v) is 3.78. The molecule has 0 aliphatic rings. The molecule has 2 heterocycles. The van der Waals surface area contributed by atoms with E-state index in [1.807, 2.05) is 60.7 Å². The van der Waals surface area contributed by atoms with Crippen LogP contribution in [0.2, 0.25) is 0 Å². The van der Waals surface area contributed by atoms with E-state index in [1.165, 1.54) is 10.9 Å². The lowest BCUT2D eigenvalue weighted by atomic mass is 10.1. The molecule has 1 amide bonds. The Morgan fingerprint density at radius 1 is 0.938 bits per heavy atom. The minimum Gasteiger partial charge on any atom is -0.336 e. The first-order chi connectivity index (χ1) is 15.5. The Labute approximate surface area is 185 Å². The van der Waals surface area contributed by atoms with Crippen molar-refractivity contribution in [3.63, 3.8) is 0 Å². The second kappa shape index (κ2) is 9.05. The lowest BCUT2D eigenvalue weighted by molar-refractivity contribution is -0.132. The molecule has 4 rings (SSSR count). The Balaban J connectivity index is 1.64. The van der Waals surface area contributed by atoms with E-state index in [-0.39, 0.29) is 12.5 Å². The number of nitrogens with zero attached hydrogens (tertiary/aromatic N) is 5. The molecule has 0 bridgehead atoms. The van der Waals surface area contributed by atoms with Gasteiger partial charge in [-0.2, -0.15) is 0 Å². The highest BCUT2D eigenvalue weighted by Crippen LogP contribution is 2.09. The molecule has 4 aromatic rings. The molecule has 0 spiro atoms. The van der Waals surface area contributed by atoms with E-state index in [0.29, 0.717) is 30.7 Å². The van der Waals surface area contributed by atoms with Gasteiger partial charge in [-0.25, -0.2) is 14.3 Å². The maximum atomic E-state index is 13.3. The highest BCUT2D eigenvalue weighted by molar-refractivity contribution is 5.77. The van der Waals surface area contributed by atoms with E-state index in [2.05, 4.69) is 4.98 Å². The average molecular weight is 431 g/mol. The van der Waals surface area contributed by atoms with Crippen LogP contribution in [-0.4, -0.2) is 36.0 Å². The van der Waals surface area contributed by atoms with Gasteiger partial charge in [-0.15, -0.1) is 0 Å². The number of amides is 1. The Morgan fingerprint density at radius 2 is 1.56 bits per heavy atom. The monoisotopic (exact) mass is 431 g/mol. The van der Waals surface area contributed by atoms with Crippen molar-refractivity contribution in [1.82, 2.24) is 23.6 Å². The largest absolute Gasteiger partial charge is 0.336 e. The van der Waals surface area contributed by atoms with Crippen LogP contribution < -0.4 is 11.2 Å². The number of aryl methyl sites for hydroxylation is 2. The first kappa shape index (κ1) is 21.3. The molecule has 0 saturated heterocycles. The zero-order valence-corrected chi connectivity index (χ0v) is 18.1. The summed E-state index contributed by atoms with van der Waals surface area (Å²) in [5.74, 6) is -0.287. The van der Waals surface area contributed by atoms with E-state index in [1.54, 1.807) is 23.6 Å². The van der Waals surface area contributed by atoms with Crippen molar-refractivity contribution in [2.45, 2.75) is 19.5 Å². The van der Waals surface area contributed by atoms with Gasteiger partial charge in [-0.3, -0.25) is 14.2 Å². The Bertz CT molecular complexity index is 1350. The molecule has 0 fully saturated rings. The molecule has 0 N–H and O–H groups in total. The highest BCUT2D eigenvalue weighted by Gasteiger charge is 2.20.